The van der Waals surface area contributed by atoms with Crippen molar-refractivity contribution in [2.75, 3.05) is 6.61 Å². The van der Waals surface area contributed by atoms with E-state index in [0.29, 0.717) is 41.6 Å². The zero-order valence-corrected chi connectivity index (χ0v) is 36.7. The molecule has 0 aromatic carbocycles. The third-order valence-electron chi connectivity index (χ3n) is 10.8. The molecule has 0 amide bonds. The Morgan fingerprint density at radius 1 is 0.682 bits per heavy atom. The Labute approximate surface area is 372 Å². The molecule has 0 bridgehead atoms. The molecule has 2 aliphatic rings. The van der Waals surface area contributed by atoms with Crippen molar-refractivity contribution < 1.29 is 35.5 Å². The summed E-state index contributed by atoms with van der Waals surface area (Å²) in [5.74, 6) is 7.49. The summed E-state index contributed by atoms with van der Waals surface area (Å²) < 4.78 is 70.0. The van der Waals surface area contributed by atoms with Gasteiger partial charge in [0.1, 0.15) is 27.8 Å². The molecule has 0 aliphatic heterocycles. The molecule has 6 heterocycles. The van der Waals surface area contributed by atoms with E-state index in [4.69, 9.17) is 18.0 Å². The van der Waals surface area contributed by atoms with Gasteiger partial charge in [0.25, 0.3) is 16.7 Å². The van der Waals surface area contributed by atoms with Gasteiger partial charge < -0.3 is 28.0 Å². The van der Waals surface area contributed by atoms with Crippen LogP contribution in [0, 0.1) is 23.7 Å². The van der Waals surface area contributed by atoms with Gasteiger partial charge in [0.2, 0.25) is 17.1 Å². The topological polar surface area (TPSA) is 237 Å². The van der Waals surface area contributed by atoms with E-state index in [9.17, 15) is 46.3 Å². The molecule has 0 radical (unpaired) electrons. The van der Waals surface area contributed by atoms with Crippen LogP contribution in [-0.4, -0.2) is 42.7 Å². The average Bonchev–Trinajstić information content (AvgIpc) is 4.19. The van der Waals surface area contributed by atoms with Crippen LogP contribution in [0.5, 0.6) is 6.01 Å². The first-order chi connectivity index (χ1) is 31.5. The molecule has 6 aromatic rings. The molecule has 352 valence electrons. The molecule has 0 spiro atoms. The third-order valence-corrected chi connectivity index (χ3v) is 10.8. The van der Waals surface area contributed by atoms with Crippen LogP contribution >= 0.6 is 0 Å². The number of nitrogens with one attached hydrogen (secondary N) is 3. The normalized spacial score (nSPS) is 13.9. The minimum Gasteiger partial charge on any atom is -0.451 e. The van der Waals surface area contributed by atoms with E-state index in [1.807, 2.05) is 6.92 Å². The van der Waals surface area contributed by atoms with Gasteiger partial charge in [0.15, 0.2) is 12.8 Å². The van der Waals surface area contributed by atoms with E-state index in [2.05, 4.69) is 41.7 Å². The Hall–Kier alpha value is -6.65. The Morgan fingerprint density at radius 3 is 1.62 bits per heavy atom. The molecular formula is C46H50F4N6O10. The first-order valence-corrected chi connectivity index (χ1v) is 22.0. The fourth-order valence-corrected chi connectivity index (χ4v) is 7.24. The zero-order valence-electron chi connectivity index (χ0n) is 36.7. The second-order valence-electron chi connectivity index (χ2n) is 16.3. The number of fused-ring (bicyclic) bond motifs is 3. The molecule has 1 unspecified atom stereocenters. The van der Waals surface area contributed by atoms with Crippen molar-refractivity contribution in [3.8, 4) is 17.9 Å². The molecule has 6 aromatic heterocycles. The third kappa shape index (κ3) is 13.9. The number of rotatable bonds is 15. The molecule has 20 heteroatoms. The predicted molar refractivity (Wildman–Crippen MR) is 235 cm³/mol. The lowest BCUT2D eigenvalue weighted by Gasteiger charge is -2.07. The molecule has 8 rings (SSSR count). The van der Waals surface area contributed by atoms with Crippen LogP contribution in [0.25, 0.3) is 33.3 Å². The minimum absolute atomic E-state index is 0.0104. The van der Waals surface area contributed by atoms with Crippen molar-refractivity contribution >= 4 is 33.3 Å². The first kappa shape index (κ1) is 48.8. The number of hydrogen-bond acceptors (Lipinski definition) is 13. The molecule has 2 aliphatic carbocycles. The van der Waals surface area contributed by atoms with Crippen molar-refractivity contribution in [2.24, 2.45) is 11.8 Å². The summed E-state index contributed by atoms with van der Waals surface area (Å²) in [6, 6.07) is 3.78. The monoisotopic (exact) mass is 922 g/mol. The molecular weight excluding hydrogens is 873 g/mol. The van der Waals surface area contributed by atoms with E-state index < -0.39 is 46.8 Å². The predicted octanol–water partition coefficient (Wildman–Crippen LogP) is 7.36. The van der Waals surface area contributed by atoms with Crippen LogP contribution in [0.15, 0.2) is 60.2 Å². The number of ether oxygens (including phenoxy) is 1. The molecule has 0 saturated heterocycles. The summed E-state index contributed by atoms with van der Waals surface area (Å²) in [4.78, 5) is 90.7. The SMILES string of the molecule is CC(F)c1nc2oc(=O)cc(CCCC3CC3)c2c(=O)[nH]1.CCC#CCOc1nc2oc(=O)cc(CCCC3CC3)c2c(=O)[nH]1.CCc1nc2oc(=O)cc(CCCC(F)(F)F)c2c(=O)[nH]1. The van der Waals surface area contributed by atoms with Gasteiger partial charge in [-0.2, -0.15) is 28.1 Å². The number of halogens is 4. The summed E-state index contributed by atoms with van der Waals surface area (Å²) >= 11 is 0. The quantitative estimate of drug-likeness (QED) is 0.0675. The van der Waals surface area contributed by atoms with Crippen molar-refractivity contribution in [3.05, 3.63) is 109 Å². The van der Waals surface area contributed by atoms with Crippen LogP contribution in [0.2, 0.25) is 0 Å². The van der Waals surface area contributed by atoms with Crippen LogP contribution in [0.1, 0.15) is 126 Å². The lowest BCUT2D eigenvalue weighted by Crippen LogP contribution is -2.16. The van der Waals surface area contributed by atoms with Crippen LogP contribution in [0.3, 0.4) is 0 Å². The molecule has 2 saturated carbocycles. The van der Waals surface area contributed by atoms with Gasteiger partial charge in [-0.3, -0.25) is 19.4 Å². The average molecular weight is 923 g/mol. The number of alkyl halides is 4. The van der Waals surface area contributed by atoms with Gasteiger partial charge in [-0.15, -0.1) is 5.92 Å². The van der Waals surface area contributed by atoms with Crippen LogP contribution in [-0.2, 0) is 25.7 Å². The fraction of sp³-hybridized carbons (Fsp3) is 0.500. The number of nitrogens with zero attached hydrogens (tertiary/aromatic N) is 3. The van der Waals surface area contributed by atoms with Gasteiger partial charge in [-0.05, 0) is 74.0 Å². The van der Waals surface area contributed by atoms with Gasteiger partial charge in [0, 0.05) is 37.5 Å². The lowest BCUT2D eigenvalue weighted by molar-refractivity contribution is -0.135. The van der Waals surface area contributed by atoms with E-state index in [-0.39, 0.29) is 70.3 Å². The molecule has 3 N–H and O–H groups in total. The van der Waals surface area contributed by atoms with Gasteiger partial charge in [-0.25, -0.2) is 18.8 Å². The fourth-order valence-electron chi connectivity index (χ4n) is 7.24. The molecule has 1 atom stereocenters. The highest BCUT2D eigenvalue weighted by atomic mass is 19.4. The summed E-state index contributed by atoms with van der Waals surface area (Å²) in [7, 11) is 0. The number of aromatic nitrogens is 6. The minimum atomic E-state index is -4.27. The van der Waals surface area contributed by atoms with E-state index in [0.717, 1.165) is 50.0 Å². The highest BCUT2D eigenvalue weighted by Crippen LogP contribution is 2.35. The van der Waals surface area contributed by atoms with Crippen LogP contribution in [0.4, 0.5) is 17.6 Å². The van der Waals surface area contributed by atoms with E-state index >= 15 is 0 Å². The maximum atomic E-state index is 13.3. The lowest BCUT2D eigenvalue weighted by atomic mass is 10.1. The van der Waals surface area contributed by atoms with Gasteiger partial charge in [-0.1, -0.05) is 58.3 Å². The van der Waals surface area contributed by atoms with E-state index in [1.165, 1.54) is 44.7 Å². The highest BCUT2D eigenvalue weighted by Gasteiger charge is 2.27. The Balaban J connectivity index is 0.000000164. The Kier molecular flexibility index (Phi) is 16.3. The second-order valence-corrected chi connectivity index (χ2v) is 16.3. The smallest absolute Gasteiger partial charge is 0.389 e. The number of H-pyrrole nitrogens is 3. The summed E-state index contributed by atoms with van der Waals surface area (Å²) in [6.45, 7) is 5.08. The zero-order chi connectivity index (χ0) is 47.5. The molecule has 2 fully saturated rings. The molecule has 66 heavy (non-hydrogen) atoms. The largest absolute Gasteiger partial charge is 0.451 e. The van der Waals surface area contributed by atoms with Crippen LogP contribution < -0.4 is 38.3 Å². The first-order valence-electron chi connectivity index (χ1n) is 22.0. The summed E-state index contributed by atoms with van der Waals surface area (Å²) in [6.07, 6.45) is 4.78. The number of aromatic amines is 3. The van der Waals surface area contributed by atoms with Gasteiger partial charge >= 0.3 is 29.1 Å². The van der Waals surface area contributed by atoms with Crippen molar-refractivity contribution in [3.63, 3.8) is 0 Å². The van der Waals surface area contributed by atoms with Crippen molar-refractivity contribution in [1.29, 1.82) is 0 Å². The highest BCUT2D eigenvalue weighted by molar-refractivity contribution is 5.77. The summed E-state index contributed by atoms with van der Waals surface area (Å²) in [5, 5.41) is 0.626. The second kappa shape index (κ2) is 22.0. The van der Waals surface area contributed by atoms with Gasteiger partial charge in [0.05, 0.1) is 0 Å². The number of aryl methyl sites for hydroxylation is 4. The maximum absolute atomic E-state index is 13.3. The maximum Gasteiger partial charge on any atom is 0.389 e. The van der Waals surface area contributed by atoms with Crippen molar-refractivity contribution in [2.45, 2.75) is 129 Å². The number of hydrogen-bond donors (Lipinski definition) is 3. The Bertz CT molecular complexity index is 3090. The van der Waals surface area contributed by atoms with Crippen molar-refractivity contribution in [1.82, 2.24) is 29.9 Å². The van der Waals surface area contributed by atoms with E-state index in [1.54, 1.807) is 6.92 Å². The standard InChI is InChI=1S/C18H20N2O4.C15H17FN2O3.C13H13F3N2O3/c1-2-3-4-10-23-18-19-16(22)15-13(7-5-6-12-8-9-12)11-14(21)24-17(15)20-18;1-8(16)13-17-14(20)12-10(4-2-3-9-5-6-9)7-11(19)21-15(12)18-13;1-2-8-17-11(20)10-7(4-3-5-13(14,15)16)6-9(19)21-12(10)18-8/h11-12H,2,5-10H2,1H3,(H,19,20,22);7-9H,2-6H2,1H3,(H,17,18,20);6H,2-5H2,1H3,(H,17,18,20). The summed E-state index contributed by atoms with van der Waals surface area (Å²) in [5.41, 5.74) is -1.76. The molecule has 16 nitrogen and oxygen atoms in total. The Morgan fingerprint density at radius 2 is 1.15 bits per heavy atom.